The van der Waals surface area contributed by atoms with E-state index >= 15 is 0 Å². The van der Waals surface area contributed by atoms with E-state index in [1.54, 1.807) is 65.6 Å². The molecule has 124 heavy (non-hydrogen) atoms. The molecule has 4 aromatic heterocycles. The molecule has 4 aromatic carbocycles. The number of hydrogen-bond donors (Lipinski definition) is 8. The van der Waals surface area contributed by atoms with Gasteiger partial charge in [0.15, 0.2) is 46.5 Å². The van der Waals surface area contributed by atoms with E-state index < -0.39 is 183 Å². The molecular weight excluding hydrogens is 1570 g/mol. The van der Waals surface area contributed by atoms with Crippen molar-refractivity contribution >= 4 is 92.9 Å². The minimum absolute atomic E-state index is 0. The highest BCUT2D eigenvalue weighted by Gasteiger charge is 2.33. The van der Waals surface area contributed by atoms with Crippen LogP contribution in [-0.2, 0) is 71.5 Å². The molecule has 0 bridgehead atoms. The van der Waals surface area contributed by atoms with Crippen LogP contribution in [0.4, 0.5) is 69.3 Å². The summed E-state index contributed by atoms with van der Waals surface area (Å²) >= 11 is 0. The molecule has 0 saturated carbocycles. The molecule has 1 atom stereocenters. The van der Waals surface area contributed by atoms with Crippen LogP contribution in [0.1, 0.15) is 261 Å². The Kier molecular flexibility index (Phi) is 19.8. The van der Waals surface area contributed by atoms with Crippen molar-refractivity contribution in [2.24, 2.45) is 0 Å². The van der Waals surface area contributed by atoms with E-state index in [1.165, 1.54) is 11.8 Å². The number of nitrogen functional groups attached to an aromatic ring is 4. The number of benzene rings is 4. The number of carbonyl (C=O) groups is 4. The van der Waals surface area contributed by atoms with Crippen molar-refractivity contribution < 1.29 is 95.7 Å². The first kappa shape index (κ1) is 52.3. The topological polar surface area (TPSA) is 386 Å². The number of ether oxygens (including phenoxy) is 4. The number of rotatable bonds is 32. The first-order valence-corrected chi connectivity index (χ1v) is 38.8. The largest absolute Gasteiger partial charge is 0.463 e. The lowest BCUT2D eigenvalue weighted by molar-refractivity contribution is -0.116. The lowest BCUT2D eigenvalue weighted by atomic mass is 10.1. The maximum Gasteiger partial charge on any atom is 0.320 e. The number of likely N-dealkylation sites (tertiary alicyclic amines) is 4. The third-order valence-electron chi connectivity index (χ3n) is 19.5. The fraction of sp³-hybridized carbons (Fsp3) is 0.522. The number of fused-ring (bicyclic) bond motifs is 4. The van der Waals surface area contributed by atoms with E-state index in [0.717, 1.165) is 135 Å². The number of nitrogens with zero attached hydrogens (tertiary/aromatic N) is 16. The number of nitrogens with one attached hydrogen (secondary N) is 4. The van der Waals surface area contributed by atoms with Crippen LogP contribution in [0.2, 0.25) is 0 Å². The number of unbranched alkanes of at least 4 members (excludes halogenated alkanes) is 1. The van der Waals surface area contributed by atoms with E-state index in [1.807, 2.05) is 24.0 Å². The molecule has 4 saturated heterocycles. The zero-order chi connectivity index (χ0) is 122. The van der Waals surface area contributed by atoms with Crippen LogP contribution in [0.25, 0.3) is 0 Å². The zero-order valence-electron chi connectivity index (χ0n) is 108. The zero-order valence-corrected chi connectivity index (χ0v) is 66.3. The highest BCUT2D eigenvalue weighted by molar-refractivity contribution is 6.05. The van der Waals surface area contributed by atoms with Crippen LogP contribution in [0, 0.1) is 0 Å². The monoisotopic (exact) mass is 1750 g/mol. The standard InChI is InChI=1S/C23H32N6O2.3C22H30N6O2.3CH4/c1-3-4-12-31-23-26-21(24)20-22(27-23)29(15-19(30)25-20)14-18-9-7-17(8-10-18)13-28-11-5-6-16(28)2;3*1-2-3-12-30-22-25-20(23)19-21(26-22)28(15-18(29)24-19)14-17-8-6-16(7-9-17)13-27-10-4-5-11-27;;;/h7-10,16H,3-6,11-15H2,1-2H3,(H,25,30)(H2,24,26,27);3*6-9H,2-5,10-15H2,1H3,(H,24,29)(H2,23,25,26);3*1H4/i5D2,6D2,11D2,16D;1D3,2D2,3D2,6D,7D,8D,9D,12D2;1D3,2D2,3D2,12D2,15D2;1D3,2D2,3D2,12D2,14D2;;;. The van der Waals surface area contributed by atoms with E-state index in [4.69, 9.17) is 99.5 Å². The van der Waals surface area contributed by atoms with E-state index in [2.05, 4.69) is 70.9 Å². The SMILES string of the molecule is C.C.C.[2H]C([2H])(c1ccc(CN2CCCC2)cc1)N1CC(=O)Nc2c(N)nc(OC([2H])([2H])C([2H])([2H])C([2H])([2H])C([2H])([2H])[2H])nc21.[2H]C1([2H])C(=O)Nc2c(N)nc(OC([2H])([2H])C([2H])([2H])C([2H])([2H])C([2H])([2H])[2H])nc2N1Cc1ccc(CN2CCCC2)cc1.[2H]C1([2H])N(Cc2ccc(CN3CC(=O)Nc4c(N)nc(OCCCC)nc43)cc2)C([2H])(C)C([2H])([2H])C1([2H])[2H].[2H]c1c([2H])c(CN2CC(=O)Nc3c(N)nc(OC([2H])([2H])C([2H])([2H])C([2H])([2H])C([2H])([2H])[2H])nc32)c([2H])c([2H])c1CN1CCCC1. The highest BCUT2D eigenvalue weighted by atomic mass is 16.5. The second-order valence-corrected chi connectivity index (χ2v) is 28.4. The molecule has 12 N–H and O–H groups in total. The lowest BCUT2D eigenvalue weighted by Crippen LogP contribution is -2.39. The maximum absolute atomic E-state index is 12.6. The van der Waals surface area contributed by atoms with Crippen molar-refractivity contribution in [3.8, 4) is 24.0 Å². The first-order valence-electron chi connectivity index (χ1n) is 59.8. The maximum atomic E-state index is 12.6. The molecule has 0 aliphatic carbocycles. The fourth-order valence-electron chi connectivity index (χ4n) is 13.6. The van der Waals surface area contributed by atoms with Gasteiger partial charge < -0.3 is 82.7 Å². The number of anilines is 12. The lowest BCUT2D eigenvalue weighted by Gasteiger charge is -2.30. The number of amides is 4. The van der Waals surface area contributed by atoms with Crippen molar-refractivity contribution in [2.75, 3.05) is 162 Å². The van der Waals surface area contributed by atoms with Crippen LogP contribution in [0.15, 0.2) is 97.0 Å². The van der Waals surface area contributed by atoms with Crippen molar-refractivity contribution in [3.05, 3.63) is 141 Å². The Labute approximate surface area is 791 Å². The molecule has 8 aliphatic heterocycles. The molecule has 4 fully saturated rings. The predicted molar refractivity (Wildman–Crippen MR) is 495 cm³/mol. The number of nitrogens with two attached hydrogens (primary N) is 4. The van der Waals surface area contributed by atoms with Crippen LogP contribution >= 0.6 is 0 Å². The fourth-order valence-corrected chi connectivity index (χ4v) is 13.6. The molecule has 8 aromatic rings. The summed E-state index contributed by atoms with van der Waals surface area (Å²) in [6.07, 6.45) is -19.6. The summed E-state index contributed by atoms with van der Waals surface area (Å²) in [5.41, 5.74) is 28.1. The van der Waals surface area contributed by atoms with Crippen molar-refractivity contribution in [3.63, 3.8) is 0 Å². The normalized spacial score (nSPS) is 25.3. The summed E-state index contributed by atoms with van der Waals surface area (Å²) in [5, 5.41) is 9.87. The second-order valence-electron chi connectivity index (χ2n) is 28.4. The van der Waals surface area contributed by atoms with Crippen LogP contribution in [-0.4, -0.2) is 187 Å². The van der Waals surface area contributed by atoms with Crippen LogP contribution in [0.3, 0.4) is 0 Å². The predicted octanol–water partition coefficient (Wildman–Crippen LogP) is 13.5. The van der Waals surface area contributed by atoms with E-state index in [-0.39, 0.29) is 148 Å². The van der Waals surface area contributed by atoms with Crippen LogP contribution in [0.5, 0.6) is 24.0 Å². The Balaban J connectivity index is 0.000000222. The van der Waals surface area contributed by atoms with Gasteiger partial charge in [-0.1, -0.05) is 172 Å². The van der Waals surface area contributed by atoms with Gasteiger partial charge in [0.25, 0.3) is 0 Å². The van der Waals surface area contributed by atoms with Gasteiger partial charge in [0.05, 0.1) is 71.6 Å². The summed E-state index contributed by atoms with van der Waals surface area (Å²) in [7, 11) is 0. The Morgan fingerprint density at radius 2 is 0.758 bits per heavy atom. The summed E-state index contributed by atoms with van der Waals surface area (Å²) in [6.45, 7) is -19.6. The quantitative estimate of drug-likeness (QED) is 0.0182. The number of aromatic nitrogens is 8. The minimum Gasteiger partial charge on any atom is -0.463 e. The highest BCUT2D eigenvalue weighted by Crippen LogP contribution is 2.39. The first-order chi connectivity index (χ1) is 74.9. The second kappa shape index (κ2) is 46.8. The Hall–Kier alpha value is -11.5. The van der Waals surface area contributed by atoms with Gasteiger partial charge in [0.1, 0.15) is 22.7 Å². The number of hydrogen-bond acceptors (Lipinski definition) is 28. The van der Waals surface area contributed by atoms with E-state index in [9.17, 15) is 19.2 Å². The average Bonchev–Trinajstić information content (AvgIpc) is 1.52. The van der Waals surface area contributed by atoms with Gasteiger partial charge in [-0.2, -0.15) is 39.9 Å². The summed E-state index contributed by atoms with van der Waals surface area (Å²) in [4.78, 5) is 94.2. The molecule has 32 nitrogen and oxygen atoms in total. The third-order valence-corrected chi connectivity index (χ3v) is 19.5. The van der Waals surface area contributed by atoms with Crippen molar-refractivity contribution in [1.29, 1.82) is 0 Å². The third kappa shape index (κ3) is 26.5. The molecule has 8 aliphatic rings. The van der Waals surface area contributed by atoms with Gasteiger partial charge in [-0.05, 0) is 174 Å². The molecule has 1 unspecified atom stereocenters. The van der Waals surface area contributed by atoms with Crippen molar-refractivity contribution in [1.82, 2.24) is 59.5 Å². The van der Waals surface area contributed by atoms with E-state index in [0.29, 0.717) is 35.8 Å². The smallest absolute Gasteiger partial charge is 0.320 e. The van der Waals surface area contributed by atoms with Gasteiger partial charge in [0.2, 0.25) is 23.6 Å². The summed E-state index contributed by atoms with van der Waals surface area (Å²) in [5.74, 6) is -4.16. The summed E-state index contributed by atoms with van der Waals surface area (Å²) in [6, 6.07) is 15.2. The van der Waals surface area contributed by atoms with Gasteiger partial charge in [-0.3, -0.25) is 38.8 Å². The summed E-state index contributed by atoms with van der Waals surface area (Å²) < 4.78 is 355. The Morgan fingerprint density at radius 3 is 1.15 bits per heavy atom. The van der Waals surface area contributed by atoms with Crippen LogP contribution < -0.4 is 82.7 Å². The Morgan fingerprint density at radius 1 is 0.435 bits per heavy atom. The van der Waals surface area contributed by atoms with Gasteiger partial charge in [-0.15, -0.1) is 0 Å². The molecule has 16 rings (SSSR count). The average molecular weight is 1750 g/mol. The number of carbonyl (C=O) groups excluding carboxylic acids is 4. The van der Waals surface area contributed by atoms with Gasteiger partial charge in [0, 0.05) is 96.7 Å². The minimum atomic E-state index is -3.75. The molecule has 0 radical (unpaired) electrons. The molecule has 12 heterocycles. The van der Waals surface area contributed by atoms with Gasteiger partial charge in [-0.25, -0.2) is 0 Å². The van der Waals surface area contributed by atoms with Gasteiger partial charge >= 0.3 is 24.0 Å². The molecule has 4 amide bonds. The molecule has 0 spiro atoms. The molecule has 670 valence electrons. The van der Waals surface area contributed by atoms with Crippen molar-refractivity contribution in [2.45, 2.75) is 217 Å². The Bertz CT molecular complexity index is 6680. The molecular formula is C92H134N24O8. The molecule has 32 heteroatoms.